The maximum absolute atomic E-state index is 9.68. The molecule has 100 valence electrons. The predicted octanol–water partition coefficient (Wildman–Crippen LogP) is 2.08. The van der Waals surface area contributed by atoms with E-state index in [9.17, 15) is 5.11 Å². The minimum atomic E-state index is -0.0966. The first-order valence-electron chi connectivity index (χ1n) is 7.14. The summed E-state index contributed by atoms with van der Waals surface area (Å²) in [5, 5.41) is 13.2. The van der Waals surface area contributed by atoms with E-state index >= 15 is 0 Å². The minimum Gasteiger partial charge on any atom is -0.394 e. The Morgan fingerprint density at radius 2 is 2.12 bits per heavy atom. The summed E-state index contributed by atoms with van der Waals surface area (Å²) in [4.78, 5) is 0. The smallest absolute Gasteiger partial charge is 0.0614 e. The summed E-state index contributed by atoms with van der Waals surface area (Å²) >= 11 is 0. The molecule has 3 heteroatoms. The Balaban J connectivity index is 1.83. The van der Waals surface area contributed by atoms with Gasteiger partial charge in [0, 0.05) is 18.2 Å². The van der Waals surface area contributed by atoms with Gasteiger partial charge in [0.2, 0.25) is 0 Å². The molecule has 0 bridgehead atoms. The Hall–Kier alpha value is -0.120. The number of hydrogen-bond acceptors (Lipinski definition) is 3. The van der Waals surface area contributed by atoms with Gasteiger partial charge < -0.3 is 15.2 Å². The maximum atomic E-state index is 9.68. The first kappa shape index (κ1) is 13.3. The number of aliphatic hydroxyl groups is 1. The van der Waals surface area contributed by atoms with Crippen LogP contribution in [0.2, 0.25) is 0 Å². The molecule has 0 amide bonds. The fraction of sp³-hybridized carbons (Fsp3) is 1.00. The Morgan fingerprint density at radius 1 is 1.35 bits per heavy atom. The highest BCUT2D eigenvalue weighted by Gasteiger charge is 2.37. The standard InChI is InChI=1S/C14H27NO2/c1-11(2)15-14(10-16)7-3-4-13(8-14)17-9-12-5-6-12/h11-13,15-16H,3-10H2,1-2H3. The number of ether oxygens (including phenoxy) is 1. The lowest BCUT2D eigenvalue weighted by Crippen LogP contribution is -2.55. The summed E-state index contributed by atoms with van der Waals surface area (Å²) in [6.45, 7) is 5.46. The van der Waals surface area contributed by atoms with Crippen LogP contribution in [0.3, 0.4) is 0 Å². The van der Waals surface area contributed by atoms with Crippen LogP contribution in [-0.4, -0.2) is 36.0 Å². The average Bonchev–Trinajstić information content (AvgIpc) is 3.10. The van der Waals surface area contributed by atoms with E-state index in [1.165, 1.54) is 12.8 Å². The molecule has 2 rings (SSSR count). The SMILES string of the molecule is CC(C)NC1(CO)CCCC(OCC2CC2)C1. The van der Waals surface area contributed by atoms with Crippen molar-refractivity contribution in [2.75, 3.05) is 13.2 Å². The van der Waals surface area contributed by atoms with Gasteiger partial charge in [-0.25, -0.2) is 0 Å². The van der Waals surface area contributed by atoms with Gasteiger partial charge in [-0.1, -0.05) is 13.8 Å². The van der Waals surface area contributed by atoms with Crippen molar-refractivity contribution in [1.82, 2.24) is 5.32 Å². The van der Waals surface area contributed by atoms with Crippen molar-refractivity contribution in [3.8, 4) is 0 Å². The van der Waals surface area contributed by atoms with Gasteiger partial charge >= 0.3 is 0 Å². The molecule has 0 heterocycles. The summed E-state index contributed by atoms with van der Waals surface area (Å²) in [6, 6.07) is 0.421. The van der Waals surface area contributed by atoms with Gasteiger partial charge in [-0.2, -0.15) is 0 Å². The summed E-state index contributed by atoms with van der Waals surface area (Å²) in [6.07, 6.45) is 7.41. The number of aliphatic hydroxyl groups excluding tert-OH is 1. The quantitative estimate of drug-likeness (QED) is 0.748. The van der Waals surface area contributed by atoms with Crippen LogP contribution in [0.25, 0.3) is 0 Å². The van der Waals surface area contributed by atoms with E-state index in [2.05, 4.69) is 19.2 Å². The van der Waals surface area contributed by atoms with Gasteiger partial charge in [0.05, 0.1) is 12.7 Å². The lowest BCUT2D eigenvalue weighted by Gasteiger charge is -2.41. The summed E-state index contributed by atoms with van der Waals surface area (Å²) in [5.74, 6) is 0.832. The van der Waals surface area contributed by atoms with Crippen LogP contribution in [-0.2, 0) is 4.74 Å². The second-order valence-corrected chi connectivity index (χ2v) is 6.23. The van der Waals surface area contributed by atoms with Crippen molar-refractivity contribution in [2.24, 2.45) is 5.92 Å². The highest BCUT2D eigenvalue weighted by Crippen LogP contribution is 2.33. The third kappa shape index (κ3) is 3.94. The van der Waals surface area contributed by atoms with Gasteiger partial charge in [-0.05, 0) is 44.4 Å². The highest BCUT2D eigenvalue weighted by atomic mass is 16.5. The fourth-order valence-corrected chi connectivity index (χ4v) is 2.94. The Labute approximate surface area is 105 Å². The first-order valence-corrected chi connectivity index (χ1v) is 7.14. The van der Waals surface area contributed by atoms with Crippen LogP contribution in [0.15, 0.2) is 0 Å². The van der Waals surface area contributed by atoms with E-state index in [-0.39, 0.29) is 12.1 Å². The normalized spacial score (nSPS) is 34.2. The lowest BCUT2D eigenvalue weighted by molar-refractivity contribution is -0.0218. The molecule has 3 nitrogen and oxygen atoms in total. The minimum absolute atomic E-state index is 0.0966. The topological polar surface area (TPSA) is 41.5 Å². The van der Waals surface area contributed by atoms with Crippen LogP contribution in [0.5, 0.6) is 0 Å². The Bertz CT molecular complexity index is 240. The van der Waals surface area contributed by atoms with E-state index in [1.807, 2.05) is 0 Å². The van der Waals surface area contributed by atoms with Crippen molar-refractivity contribution >= 4 is 0 Å². The zero-order valence-electron chi connectivity index (χ0n) is 11.2. The summed E-state index contributed by atoms with van der Waals surface area (Å²) in [5.41, 5.74) is -0.0966. The second-order valence-electron chi connectivity index (χ2n) is 6.23. The molecule has 0 saturated heterocycles. The molecule has 2 atom stereocenters. The van der Waals surface area contributed by atoms with Crippen molar-refractivity contribution in [1.29, 1.82) is 0 Å². The first-order chi connectivity index (χ1) is 8.13. The fourth-order valence-electron chi connectivity index (χ4n) is 2.94. The van der Waals surface area contributed by atoms with Crippen molar-refractivity contribution in [3.05, 3.63) is 0 Å². The molecule has 2 saturated carbocycles. The lowest BCUT2D eigenvalue weighted by atomic mass is 9.80. The molecule has 2 unspecified atom stereocenters. The van der Waals surface area contributed by atoms with Crippen LogP contribution < -0.4 is 5.32 Å². The highest BCUT2D eigenvalue weighted by molar-refractivity contribution is 4.95. The predicted molar refractivity (Wildman–Crippen MR) is 69.0 cm³/mol. The van der Waals surface area contributed by atoms with Crippen molar-refractivity contribution in [3.63, 3.8) is 0 Å². The molecule has 2 aliphatic rings. The zero-order chi connectivity index (χ0) is 12.3. The molecule has 0 aromatic heterocycles. The Morgan fingerprint density at radius 3 is 2.71 bits per heavy atom. The third-order valence-corrected chi connectivity index (χ3v) is 3.96. The van der Waals surface area contributed by atoms with Crippen LogP contribution in [0.1, 0.15) is 52.4 Å². The molecule has 0 spiro atoms. The summed E-state index contributed by atoms with van der Waals surface area (Å²) in [7, 11) is 0. The molecule has 17 heavy (non-hydrogen) atoms. The number of nitrogens with one attached hydrogen (secondary N) is 1. The van der Waals surface area contributed by atoms with Crippen LogP contribution in [0.4, 0.5) is 0 Å². The van der Waals surface area contributed by atoms with E-state index in [0.717, 1.165) is 38.2 Å². The molecule has 2 N–H and O–H groups in total. The second kappa shape index (κ2) is 5.68. The molecule has 2 fully saturated rings. The molecule has 0 aromatic rings. The van der Waals surface area contributed by atoms with Gasteiger partial charge in [0.1, 0.15) is 0 Å². The van der Waals surface area contributed by atoms with E-state index in [4.69, 9.17) is 4.74 Å². The maximum Gasteiger partial charge on any atom is 0.0614 e. The van der Waals surface area contributed by atoms with Gasteiger partial charge in [-0.3, -0.25) is 0 Å². The van der Waals surface area contributed by atoms with Gasteiger partial charge in [0.15, 0.2) is 0 Å². The average molecular weight is 241 g/mol. The monoisotopic (exact) mass is 241 g/mol. The van der Waals surface area contributed by atoms with E-state index < -0.39 is 0 Å². The summed E-state index contributed by atoms with van der Waals surface area (Å²) < 4.78 is 5.99. The molecule has 0 radical (unpaired) electrons. The van der Waals surface area contributed by atoms with Crippen LogP contribution >= 0.6 is 0 Å². The Kier molecular flexibility index (Phi) is 4.45. The zero-order valence-corrected chi connectivity index (χ0v) is 11.2. The van der Waals surface area contributed by atoms with Gasteiger partial charge in [0.25, 0.3) is 0 Å². The van der Waals surface area contributed by atoms with E-state index in [1.54, 1.807) is 0 Å². The van der Waals surface area contributed by atoms with E-state index in [0.29, 0.717) is 12.1 Å². The third-order valence-electron chi connectivity index (χ3n) is 3.96. The van der Waals surface area contributed by atoms with Crippen molar-refractivity contribution < 1.29 is 9.84 Å². The molecular weight excluding hydrogens is 214 g/mol. The molecule has 2 aliphatic carbocycles. The number of rotatable bonds is 6. The molecular formula is C14H27NO2. The number of hydrogen-bond donors (Lipinski definition) is 2. The molecule has 0 aliphatic heterocycles. The largest absolute Gasteiger partial charge is 0.394 e. The molecule has 0 aromatic carbocycles. The van der Waals surface area contributed by atoms with Crippen molar-refractivity contribution in [2.45, 2.75) is 70.1 Å². The van der Waals surface area contributed by atoms with Crippen LogP contribution in [0, 0.1) is 5.92 Å². The van der Waals surface area contributed by atoms with Gasteiger partial charge in [-0.15, -0.1) is 0 Å².